The smallest absolute Gasteiger partial charge is 0.122 e. The molecular weight excluding hydrogens is 248 g/mol. The Balaban J connectivity index is 2.02. The fraction of sp³-hybridized carbons (Fsp3) is 0.647. The molecule has 0 amide bonds. The second-order valence-corrected chi connectivity index (χ2v) is 6.65. The number of hydrogen-bond donors (Lipinski definition) is 1. The number of hydrogen-bond acceptors (Lipinski definition) is 3. The van der Waals surface area contributed by atoms with E-state index in [-0.39, 0.29) is 5.41 Å². The van der Waals surface area contributed by atoms with Gasteiger partial charge in [0.1, 0.15) is 5.75 Å². The molecule has 1 aromatic carbocycles. The molecule has 1 atom stereocenters. The Kier molecular flexibility index (Phi) is 5.06. The van der Waals surface area contributed by atoms with Gasteiger partial charge in [-0.2, -0.15) is 0 Å². The van der Waals surface area contributed by atoms with Crippen molar-refractivity contribution in [3.63, 3.8) is 0 Å². The highest BCUT2D eigenvalue weighted by atomic mass is 16.5. The summed E-state index contributed by atoms with van der Waals surface area (Å²) >= 11 is 0. The van der Waals surface area contributed by atoms with Crippen LogP contribution in [0.5, 0.6) is 5.75 Å². The predicted octanol–water partition coefficient (Wildman–Crippen LogP) is 2.86. The van der Waals surface area contributed by atoms with Gasteiger partial charge in [-0.15, -0.1) is 0 Å². The van der Waals surface area contributed by atoms with Crippen LogP contribution in [0, 0.1) is 5.41 Å². The molecule has 0 fully saturated rings. The van der Waals surface area contributed by atoms with Crippen molar-refractivity contribution in [2.24, 2.45) is 11.1 Å². The van der Waals surface area contributed by atoms with Crippen LogP contribution in [-0.2, 0) is 0 Å². The van der Waals surface area contributed by atoms with Gasteiger partial charge in [-0.25, -0.2) is 0 Å². The van der Waals surface area contributed by atoms with E-state index in [0.717, 1.165) is 38.5 Å². The molecule has 1 aliphatic heterocycles. The molecule has 0 spiro atoms. The number of fused-ring (bicyclic) bond motifs is 1. The Morgan fingerprint density at radius 2 is 2.10 bits per heavy atom. The quantitative estimate of drug-likeness (QED) is 0.832. The summed E-state index contributed by atoms with van der Waals surface area (Å²) in [6.07, 6.45) is 1.18. The zero-order valence-electron chi connectivity index (χ0n) is 13.1. The first-order valence-corrected chi connectivity index (χ1v) is 7.70. The van der Waals surface area contributed by atoms with Crippen LogP contribution in [0.25, 0.3) is 0 Å². The van der Waals surface area contributed by atoms with Crippen LogP contribution in [0.15, 0.2) is 24.3 Å². The van der Waals surface area contributed by atoms with E-state index in [1.807, 2.05) is 6.07 Å². The van der Waals surface area contributed by atoms with E-state index in [4.69, 9.17) is 10.5 Å². The first kappa shape index (κ1) is 15.3. The molecule has 2 rings (SSSR count). The molecule has 1 heterocycles. The molecule has 0 saturated heterocycles. The van der Waals surface area contributed by atoms with Gasteiger partial charge in [0, 0.05) is 24.6 Å². The molecular formula is C17H28N2O. The van der Waals surface area contributed by atoms with Crippen molar-refractivity contribution in [1.82, 2.24) is 4.90 Å². The van der Waals surface area contributed by atoms with Crippen LogP contribution in [0.2, 0.25) is 0 Å². The van der Waals surface area contributed by atoms with Gasteiger partial charge in [-0.05, 0) is 31.0 Å². The Morgan fingerprint density at radius 3 is 2.80 bits per heavy atom. The normalized spacial score (nSPS) is 18.1. The number of para-hydroxylation sites is 1. The molecule has 0 radical (unpaired) electrons. The molecule has 0 saturated carbocycles. The van der Waals surface area contributed by atoms with E-state index in [2.05, 4.69) is 43.9 Å². The molecule has 0 aromatic heterocycles. The molecule has 1 aromatic rings. The third-order valence-corrected chi connectivity index (χ3v) is 4.02. The predicted molar refractivity (Wildman–Crippen MR) is 84.2 cm³/mol. The largest absolute Gasteiger partial charge is 0.493 e. The maximum Gasteiger partial charge on any atom is 0.122 e. The molecule has 1 aliphatic rings. The Morgan fingerprint density at radius 1 is 1.35 bits per heavy atom. The van der Waals surface area contributed by atoms with Gasteiger partial charge in [0.05, 0.1) is 6.61 Å². The highest BCUT2D eigenvalue weighted by molar-refractivity contribution is 5.39. The maximum absolute atomic E-state index is 5.88. The van der Waals surface area contributed by atoms with Gasteiger partial charge in [-0.3, -0.25) is 0 Å². The molecule has 2 N–H and O–H groups in total. The van der Waals surface area contributed by atoms with Crippen LogP contribution < -0.4 is 10.5 Å². The van der Waals surface area contributed by atoms with Crippen LogP contribution in [0.4, 0.5) is 0 Å². The van der Waals surface area contributed by atoms with Gasteiger partial charge in [0.2, 0.25) is 0 Å². The van der Waals surface area contributed by atoms with E-state index in [1.54, 1.807) is 0 Å². The van der Waals surface area contributed by atoms with Crippen molar-refractivity contribution in [2.45, 2.75) is 33.1 Å². The summed E-state index contributed by atoms with van der Waals surface area (Å²) in [6, 6.07) is 8.42. The average molecular weight is 276 g/mol. The van der Waals surface area contributed by atoms with Crippen LogP contribution in [0.1, 0.15) is 38.7 Å². The molecule has 112 valence electrons. The number of benzene rings is 1. The first-order chi connectivity index (χ1) is 9.55. The second kappa shape index (κ2) is 6.59. The van der Waals surface area contributed by atoms with E-state index < -0.39 is 0 Å². The topological polar surface area (TPSA) is 38.5 Å². The first-order valence-electron chi connectivity index (χ1n) is 7.70. The Hall–Kier alpha value is -1.06. The zero-order valence-corrected chi connectivity index (χ0v) is 13.1. The van der Waals surface area contributed by atoms with Crippen LogP contribution in [-0.4, -0.2) is 37.7 Å². The minimum absolute atomic E-state index is 0.175. The van der Waals surface area contributed by atoms with E-state index in [0.29, 0.717) is 5.92 Å². The molecule has 0 bridgehead atoms. The van der Waals surface area contributed by atoms with Gasteiger partial charge in [-0.1, -0.05) is 39.0 Å². The number of nitrogens with two attached hydrogens (primary N) is 1. The number of ether oxygens (including phenoxy) is 1. The van der Waals surface area contributed by atoms with Gasteiger partial charge in [0.25, 0.3) is 0 Å². The summed E-state index contributed by atoms with van der Waals surface area (Å²) in [4.78, 5) is 2.54. The SMILES string of the molecule is CCCN(CC1COc2ccccc21)CC(C)(C)CN. The maximum atomic E-state index is 5.88. The summed E-state index contributed by atoms with van der Waals surface area (Å²) < 4.78 is 5.80. The highest BCUT2D eigenvalue weighted by Crippen LogP contribution is 2.34. The van der Waals surface area contributed by atoms with Gasteiger partial charge in [0.15, 0.2) is 0 Å². The minimum atomic E-state index is 0.175. The molecule has 20 heavy (non-hydrogen) atoms. The van der Waals surface area contributed by atoms with Crippen molar-refractivity contribution >= 4 is 0 Å². The molecule has 3 heteroatoms. The summed E-state index contributed by atoms with van der Waals surface area (Å²) in [5.41, 5.74) is 7.42. The summed E-state index contributed by atoms with van der Waals surface area (Å²) in [7, 11) is 0. The van der Waals surface area contributed by atoms with Gasteiger partial charge < -0.3 is 15.4 Å². The average Bonchev–Trinajstić information content (AvgIpc) is 2.82. The minimum Gasteiger partial charge on any atom is -0.493 e. The molecule has 3 nitrogen and oxygen atoms in total. The van der Waals surface area contributed by atoms with Crippen molar-refractivity contribution in [3.05, 3.63) is 29.8 Å². The third kappa shape index (κ3) is 3.74. The van der Waals surface area contributed by atoms with Crippen molar-refractivity contribution in [3.8, 4) is 5.75 Å². The zero-order chi connectivity index (χ0) is 14.6. The van der Waals surface area contributed by atoms with E-state index >= 15 is 0 Å². The molecule has 1 unspecified atom stereocenters. The lowest BCUT2D eigenvalue weighted by atomic mass is 9.92. The Bertz CT molecular complexity index is 431. The van der Waals surface area contributed by atoms with Crippen LogP contribution >= 0.6 is 0 Å². The lowest BCUT2D eigenvalue weighted by Crippen LogP contribution is -2.41. The van der Waals surface area contributed by atoms with Crippen molar-refractivity contribution in [1.29, 1.82) is 0 Å². The summed E-state index contributed by atoms with van der Waals surface area (Å²) in [5, 5.41) is 0. The van der Waals surface area contributed by atoms with Crippen LogP contribution in [0.3, 0.4) is 0 Å². The van der Waals surface area contributed by atoms with Gasteiger partial charge >= 0.3 is 0 Å². The highest BCUT2D eigenvalue weighted by Gasteiger charge is 2.27. The van der Waals surface area contributed by atoms with Crippen molar-refractivity contribution < 1.29 is 4.74 Å². The number of rotatable bonds is 7. The fourth-order valence-corrected chi connectivity index (χ4v) is 2.91. The lowest BCUT2D eigenvalue weighted by Gasteiger charge is -2.33. The van der Waals surface area contributed by atoms with Crippen molar-refractivity contribution in [2.75, 3.05) is 32.8 Å². The monoisotopic (exact) mass is 276 g/mol. The third-order valence-electron chi connectivity index (χ3n) is 4.02. The fourth-order valence-electron chi connectivity index (χ4n) is 2.91. The summed E-state index contributed by atoms with van der Waals surface area (Å²) in [6.45, 7) is 11.5. The number of nitrogens with zero attached hydrogens (tertiary/aromatic N) is 1. The molecule has 0 aliphatic carbocycles. The lowest BCUT2D eigenvalue weighted by molar-refractivity contribution is 0.166. The van der Waals surface area contributed by atoms with E-state index in [9.17, 15) is 0 Å². The second-order valence-electron chi connectivity index (χ2n) is 6.65. The standard InChI is InChI=1S/C17H28N2O/c1-4-9-19(13-17(2,3)12-18)10-14-11-20-16-8-6-5-7-15(14)16/h5-8,14H,4,9-13,18H2,1-3H3. The summed E-state index contributed by atoms with van der Waals surface area (Å²) in [5.74, 6) is 1.55. The Labute approximate surface area is 123 Å². The van der Waals surface area contributed by atoms with E-state index in [1.165, 1.54) is 12.0 Å².